The van der Waals surface area contributed by atoms with Crippen molar-refractivity contribution in [2.24, 2.45) is 0 Å². The minimum absolute atomic E-state index is 0.0312. The summed E-state index contributed by atoms with van der Waals surface area (Å²) in [6.07, 6.45) is 0.332. The first-order valence-electron chi connectivity index (χ1n) is 10.8. The van der Waals surface area contributed by atoms with Gasteiger partial charge in [0.1, 0.15) is 0 Å². The van der Waals surface area contributed by atoms with E-state index in [4.69, 9.17) is 0 Å². The predicted molar refractivity (Wildman–Crippen MR) is 133 cm³/mol. The number of amides is 2. The van der Waals surface area contributed by atoms with E-state index in [0.29, 0.717) is 12.0 Å². The van der Waals surface area contributed by atoms with Gasteiger partial charge in [-0.05, 0) is 67.1 Å². The highest BCUT2D eigenvalue weighted by Crippen LogP contribution is 2.29. The molecular formula is C27H30N2O2S. The van der Waals surface area contributed by atoms with Gasteiger partial charge in [0.25, 0.3) is 5.91 Å². The molecule has 0 heterocycles. The van der Waals surface area contributed by atoms with Crippen LogP contribution in [0.1, 0.15) is 42.3 Å². The van der Waals surface area contributed by atoms with Crippen LogP contribution in [0.3, 0.4) is 0 Å². The Labute approximate surface area is 195 Å². The molecule has 0 aromatic heterocycles. The standard InChI is InChI=1S/C27H30N2O2S/c1-5-32-24-17-11-20(12-18-24)19-25(30)28-23-15-13-22(14-16-23)27(2,3)29(4)26(31)21-9-7-6-8-10-21/h6-18H,5,19H2,1-4H3,(H,28,30). The van der Waals surface area contributed by atoms with Gasteiger partial charge in [-0.2, -0.15) is 0 Å². The van der Waals surface area contributed by atoms with Gasteiger partial charge in [0.15, 0.2) is 0 Å². The van der Waals surface area contributed by atoms with Crippen LogP contribution in [0, 0.1) is 0 Å². The minimum atomic E-state index is -0.506. The maximum absolute atomic E-state index is 12.9. The highest BCUT2D eigenvalue weighted by atomic mass is 32.2. The first-order chi connectivity index (χ1) is 15.3. The summed E-state index contributed by atoms with van der Waals surface area (Å²) in [4.78, 5) is 28.3. The SMILES string of the molecule is CCSc1ccc(CC(=O)Nc2ccc(C(C)(C)N(C)C(=O)c3ccccc3)cc2)cc1. The van der Waals surface area contributed by atoms with Gasteiger partial charge < -0.3 is 10.2 Å². The number of rotatable bonds is 8. The summed E-state index contributed by atoms with van der Waals surface area (Å²) in [5.74, 6) is 0.948. The van der Waals surface area contributed by atoms with Crippen molar-refractivity contribution in [3.05, 3.63) is 95.6 Å². The summed E-state index contributed by atoms with van der Waals surface area (Å²) < 4.78 is 0. The molecule has 3 aromatic rings. The lowest BCUT2D eigenvalue weighted by Crippen LogP contribution is -2.42. The summed E-state index contributed by atoms with van der Waals surface area (Å²) in [7, 11) is 1.81. The van der Waals surface area contributed by atoms with Gasteiger partial charge in [-0.25, -0.2) is 0 Å². The summed E-state index contributed by atoms with van der Waals surface area (Å²) in [5.41, 5.74) is 2.87. The molecule has 0 unspecified atom stereocenters. The zero-order valence-electron chi connectivity index (χ0n) is 19.1. The molecule has 32 heavy (non-hydrogen) atoms. The molecular weight excluding hydrogens is 416 g/mol. The molecule has 0 atom stereocenters. The van der Waals surface area contributed by atoms with Crippen LogP contribution >= 0.6 is 11.8 Å². The Morgan fingerprint density at radius 1 is 0.906 bits per heavy atom. The second kappa shape index (κ2) is 10.5. The molecule has 0 aliphatic carbocycles. The highest BCUT2D eigenvalue weighted by Gasteiger charge is 2.30. The first kappa shape index (κ1) is 23.6. The maximum atomic E-state index is 12.9. The van der Waals surface area contributed by atoms with Crippen LogP contribution in [0.5, 0.6) is 0 Å². The third-order valence-electron chi connectivity index (χ3n) is 5.64. The number of hydrogen-bond donors (Lipinski definition) is 1. The van der Waals surface area contributed by atoms with Gasteiger partial charge in [-0.15, -0.1) is 11.8 Å². The van der Waals surface area contributed by atoms with Gasteiger partial charge in [0, 0.05) is 23.2 Å². The Hall–Kier alpha value is -3.05. The zero-order chi connectivity index (χ0) is 23.1. The molecule has 0 aliphatic heterocycles. The Balaban J connectivity index is 1.63. The Morgan fingerprint density at radius 2 is 1.53 bits per heavy atom. The van der Waals surface area contributed by atoms with Crippen molar-refractivity contribution in [3.63, 3.8) is 0 Å². The average molecular weight is 447 g/mol. The number of nitrogens with one attached hydrogen (secondary N) is 1. The van der Waals surface area contributed by atoms with Crippen LogP contribution in [0.2, 0.25) is 0 Å². The van der Waals surface area contributed by atoms with Crippen molar-refractivity contribution in [1.82, 2.24) is 4.90 Å². The van der Waals surface area contributed by atoms with Crippen molar-refractivity contribution in [2.45, 2.75) is 37.6 Å². The number of hydrogen-bond acceptors (Lipinski definition) is 3. The van der Waals surface area contributed by atoms with Crippen molar-refractivity contribution >= 4 is 29.3 Å². The van der Waals surface area contributed by atoms with E-state index in [2.05, 4.69) is 24.4 Å². The molecule has 0 aliphatic rings. The number of nitrogens with zero attached hydrogens (tertiary/aromatic N) is 1. The van der Waals surface area contributed by atoms with E-state index >= 15 is 0 Å². The number of carbonyl (C=O) groups is 2. The largest absolute Gasteiger partial charge is 0.333 e. The Kier molecular flexibility index (Phi) is 7.75. The van der Waals surface area contributed by atoms with Crippen LogP contribution in [-0.4, -0.2) is 29.5 Å². The highest BCUT2D eigenvalue weighted by molar-refractivity contribution is 7.99. The number of benzene rings is 3. The smallest absolute Gasteiger partial charge is 0.254 e. The lowest BCUT2D eigenvalue weighted by Gasteiger charge is -2.36. The second-order valence-electron chi connectivity index (χ2n) is 8.17. The Morgan fingerprint density at radius 3 is 2.12 bits per heavy atom. The lowest BCUT2D eigenvalue weighted by molar-refractivity contribution is -0.115. The molecule has 4 nitrogen and oxygen atoms in total. The van der Waals surface area contributed by atoms with Crippen molar-refractivity contribution in [2.75, 3.05) is 18.1 Å². The van der Waals surface area contributed by atoms with Gasteiger partial charge in [-0.1, -0.05) is 49.4 Å². The van der Waals surface area contributed by atoms with Crippen LogP contribution in [0.25, 0.3) is 0 Å². The fraction of sp³-hybridized carbons (Fsp3) is 0.259. The van der Waals surface area contributed by atoms with Crippen molar-refractivity contribution < 1.29 is 9.59 Å². The fourth-order valence-corrected chi connectivity index (χ4v) is 4.11. The van der Waals surface area contributed by atoms with Crippen molar-refractivity contribution in [1.29, 1.82) is 0 Å². The zero-order valence-corrected chi connectivity index (χ0v) is 19.9. The summed E-state index contributed by atoms with van der Waals surface area (Å²) >= 11 is 1.79. The van der Waals surface area contributed by atoms with Gasteiger partial charge in [0.2, 0.25) is 5.91 Å². The number of anilines is 1. The fourth-order valence-electron chi connectivity index (χ4n) is 3.44. The molecule has 5 heteroatoms. The summed E-state index contributed by atoms with van der Waals surface area (Å²) in [6, 6.07) is 25.1. The number of thioether (sulfide) groups is 1. The van der Waals surface area contributed by atoms with E-state index in [1.807, 2.05) is 87.6 Å². The predicted octanol–water partition coefficient (Wildman–Crippen LogP) is 5.99. The van der Waals surface area contributed by atoms with Crippen molar-refractivity contribution in [3.8, 4) is 0 Å². The van der Waals surface area contributed by atoms with E-state index in [1.54, 1.807) is 16.7 Å². The molecule has 0 radical (unpaired) electrons. The van der Waals surface area contributed by atoms with Gasteiger partial charge >= 0.3 is 0 Å². The topological polar surface area (TPSA) is 49.4 Å². The maximum Gasteiger partial charge on any atom is 0.254 e. The van der Waals surface area contributed by atoms with Crippen LogP contribution in [0.15, 0.2) is 83.8 Å². The normalized spacial score (nSPS) is 11.1. The molecule has 3 aromatic carbocycles. The second-order valence-corrected chi connectivity index (χ2v) is 9.51. The van der Waals surface area contributed by atoms with E-state index in [0.717, 1.165) is 22.6 Å². The third kappa shape index (κ3) is 5.80. The quantitative estimate of drug-likeness (QED) is 0.433. The molecule has 0 bridgehead atoms. The van der Waals surface area contributed by atoms with Gasteiger partial charge in [0.05, 0.1) is 12.0 Å². The van der Waals surface area contributed by atoms with Crippen LogP contribution in [0.4, 0.5) is 5.69 Å². The molecule has 2 amide bonds. The van der Waals surface area contributed by atoms with E-state index < -0.39 is 5.54 Å². The van der Waals surface area contributed by atoms with Gasteiger partial charge in [-0.3, -0.25) is 9.59 Å². The molecule has 0 saturated heterocycles. The molecule has 0 saturated carbocycles. The molecule has 0 spiro atoms. The van der Waals surface area contributed by atoms with E-state index in [9.17, 15) is 9.59 Å². The molecule has 166 valence electrons. The monoisotopic (exact) mass is 446 g/mol. The lowest BCUT2D eigenvalue weighted by atomic mass is 9.91. The van der Waals surface area contributed by atoms with Crippen LogP contribution < -0.4 is 5.32 Å². The average Bonchev–Trinajstić information content (AvgIpc) is 2.80. The Bertz CT molecular complexity index is 1050. The molecule has 1 N–H and O–H groups in total. The first-order valence-corrected chi connectivity index (χ1v) is 11.7. The molecule has 3 rings (SSSR count). The van der Waals surface area contributed by atoms with E-state index in [1.165, 1.54) is 4.90 Å². The molecule has 0 fully saturated rings. The number of carbonyl (C=O) groups excluding carboxylic acids is 2. The summed E-state index contributed by atoms with van der Waals surface area (Å²) in [5, 5.41) is 2.96. The summed E-state index contributed by atoms with van der Waals surface area (Å²) in [6.45, 7) is 6.15. The minimum Gasteiger partial charge on any atom is -0.333 e. The third-order valence-corrected chi connectivity index (χ3v) is 6.53. The van der Waals surface area contributed by atoms with E-state index in [-0.39, 0.29) is 11.8 Å². The van der Waals surface area contributed by atoms with Crippen LogP contribution in [-0.2, 0) is 16.8 Å².